The number of benzene rings is 1. The first-order valence-corrected chi connectivity index (χ1v) is 10.2. The third kappa shape index (κ3) is 3.76. The number of rotatable bonds is 3. The molecule has 29 heavy (non-hydrogen) atoms. The van der Waals surface area contributed by atoms with Crippen molar-refractivity contribution in [2.75, 3.05) is 27.2 Å². The lowest BCUT2D eigenvalue weighted by molar-refractivity contribution is -0.129. The van der Waals surface area contributed by atoms with Crippen molar-refractivity contribution in [3.63, 3.8) is 0 Å². The number of hydrogen-bond donors (Lipinski definition) is 0. The van der Waals surface area contributed by atoms with Gasteiger partial charge in [-0.2, -0.15) is 0 Å². The zero-order valence-corrected chi connectivity index (χ0v) is 17.3. The Kier molecular flexibility index (Phi) is 5.11. The summed E-state index contributed by atoms with van der Waals surface area (Å²) in [6, 6.07) is 9.77. The van der Waals surface area contributed by atoms with Crippen molar-refractivity contribution in [2.45, 2.75) is 44.1 Å². The summed E-state index contributed by atoms with van der Waals surface area (Å²) in [5, 5.41) is 0. The highest BCUT2D eigenvalue weighted by atomic mass is 16.5. The first kappa shape index (κ1) is 19.6. The minimum atomic E-state index is -0.326. The summed E-state index contributed by atoms with van der Waals surface area (Å²) in [5.41, 5.74) is 1.42. The van der Waals surface area contributed by atoms with E-state index in [2.05, 4.69) is 6.07 Å². The van der Waals surface area contributed by atoms with Crippen molar-refractivity contribution in [3.8, 4) is 5.75 Å². The summed E-state index contributed by atoms with van der Waals surface area (Å²) in [4.78, 5) is 28.8. The Labute approximate surface area is 171 Å². The van der Waals surface area contributed by atoms with Crippen LogP contribution in [0.4, 0.5) is 0 Å². The summed E-state index contributed by atoms with van der Waals surface area (Å²) >= 11 is 0. The van der Waals surface area contributed by atoms with E-state index in [9.17, 15) is 9.59 Å². The van der Waals surface area contributed by atoms with Gasteiger partial charge in [-0.05, 0) is 31.0 Å². The maximum Gasteiger partial charge on any atom is 0.257 e. The van der Waals surface area contributed by atoms with E-state index in [-0.39, 0.29) is 23.3 Å². The quantitative estimate of drug-likeness (QED) is 0.795. The zero-order chi connectivity index (χ0) is 20.6. The number of piperidine rings is 1. The maximum atomic E-state index is 12.8. The van der Waals surface area contributed by atoms with Gasteiger partial charge in [-0.3, -0.25) is 9.59 Å². The molecule has 154 valence electrons. The molecule has 0 aliphatic carbocycles. The van der Waals surface area contributed by atoms with E-state index in [1.54, 1.807) is 31.3 Å². The predicted molar refractivity (Wildman–Crippen MR) is 109 cm³/mol. The Morgan fingerprint density at radius 2 is 1.90 bits per heavy atom. The molecule has 2 aromatic rings. The van der Waals surface area contributed by atoms with Crippen molar-refractivity contribution in [1.29, 1.82) is 0 Å². The number of carbonyl (C=O) groups excluding carboxylic acids is 2. The number of carbonyl (C=O) groups is 2. The highest BCUT2D eigenvalue weighted by Crippen LogP contribution is 2.46. The van der Waals surface area contributed by atoms with E-state index in [1.807, 2.05) is 30.0 Å². The lowest BCUT2D eigenvalue weighted by Crippen LogP contribution is -2.52. The van der Waals surface area contributed by atoms with Crippen LogP contribution in [0.5, 0.6) is 5.75 Å². The monoisotopic (exact) mass is 396 g/mol. The number of hydrogen-bond acceptors (Lipinski definition) is 4. The van der Waals surface area contributed by atoms with Crippen molar-refractivity contribution >= 4 is 11.8 Å². The molecule has 0 unspecified atom stereocenters. The van der Waals surface area contributed by atoms with Crippen LogP contribution in [-0.2, 0) is 4.79 Å². The van der Waals surface area contributed by atoms with E-state index in [0.717, 1.165) is 30.6 Å². The van der Waals surface area contributed by atoms with Crippen LogP contribution >= 0.6 is 0 Å². The molecule has 1 saturated heterocycles. The van der Waals surface area contributed by atoms with Crippen LogP contribution < -0.4 is 4.74 Å². The molecule has 6 nitrogen and oxygen atoms in total. The second kappa shape index (κ2) is 7.58. The number of fused-ring (bicyclic) bond motifs is 1. The Bertz CT molecular complexity index is 909. The maximum absolute atomic E-state index is 12.8. The summed E-state index contributed by atoms with van der Waals surface area (Å²) in [5.74, 6) is 1.81. The molecular weight excluding hydrogens is 368 g/mol. The van der Waals surface area contributed by atoms with Crippen LogP contribution in [0, 0.1) is 6.92 Å². The minimum Gasteiger partial charge on any atom is -0.487 e. The van der Waals surface area contributed by atoms with Gasteiger partial charge in [0, 0.05) is 52.4 Å². The van der Waals surface area contributed by atoms with Gasteiger partial charge in [0.05, 0.1) is 11.8 Å². The largest absolute Gasteiger partial charge is 0.487 e. The van der Waals surface area contributed by atoms with E-state index < -0.39 is 0 Å². The van der Waals surface area contributed by atoms with Crippen LogP contribution in [-0.4, -0.2) is 54.4 Å². The lowest BCUT2D eigenvalue weighted by atomic mass is 9.76. The Morgan fingerprint density at radius 1 is 1.17 bits per heavy atom. The van der Waals surface area contributed by atoms with E-state index in [1.165, 1.54) is 0 Å². The van der Waals surface area contributed by atoms with Crippen LogP contribution in [0.2, 0.25) is 0 Å². The Morgan fingerprint density at radius 3 is 2.55 bits per heavy atom. The molecule has 2 aliphatic heterocycles. The molecular formula is C23H28N2O4. The normalized spacial score (nSPS) is 20.1. The number of nitrogens with zero attached hydrogens (tertiary/aromatic N) is 2. The number of aryl methyl sites for hydroxylation is 1. The fourth-order valence-corrected chi connectivity index (χ4v) is 4.52. The van der Waals surface area contributed by atoms with Crippen molar-refractivity contribution in [1.82, 2.24) is 9.80 Å². The molecule has 3 heterocycles. The summed E-state index contributed by atoms with van der Waals surface area (Å²) in [6.07, 6.45) is 4.36. The second-order valence-electron chi connectivity index (χ2n) is 8.40. The van der Waals surface area contributed by atoms with E-state index >= 15 is 0 Å². The van der Waals surface area contributed by atoms with Gasteiger partial charge in [0.1, 0.15) is 17.1 Å². The molecule has 1 aromatic carbocycles. The molecule has 1 atom stereocenters. The van der Waals surface area contributed by atoms with Gasteiger partial charge in [0.15, 0.2) is 0 Å². The topological polar surface area (TPSA) is 63.0 Å². The molecule has 2 amide bonds. The molecule has 0 radical (unpaired) electrons. The third-order valence-electron chi connectivity index (χ3n) is 6.27. The molecule has 2 aliphatic rings. The smallest absolute Gasteiger partial charge is 0.257 e. The average Bonchev–Trinajstić information content (AvgIpc) is 3.14. The lowest BCUT2D eigenvalue weighted by Gasteiger charge is -2.47. The predicted octanol–water partition coefficient (Wildman–Crippen LogP) is 3.61. The Balaban J connectivity index is 1.51. The van der Waals surface area contributed by atoms with Crippen molar-refractivity contribution in [2.24, 2.45) is 0 Å². The summed E-state index contributed by atoms with van der Waals surface area (Å²) in [6.45, 7) is 3.09. The number of para-hydroxylation sites is 1. The van der Waals surface area contributed by atoms with Crippen LogP contribution in [0.3, 0.4) is 0 Å². The number of ether oxygens (including phenoxy) is 1. The molecule has 6 heteroatoms. The second-order valence-corrected chi connectivity index (χ2v) is 8.40. The van der Waals surface area contributed by atoms with E-state index in [4.69, 9.17) is 9.15 Å². The molecule has 1 spiro atoms. The SMILES string of the molecule is Cc1occc1C(=O)N1CCC2(CC1)C[C@@H](CC(=O)N(C)C)c1ccccc1O2. The van der Waals surface area contributed by atoms with Gasteiger partial charge >= 0.3 is 0 Å². The Hall–Kier alpha value is -2.76. The average molecular weight is 396 g/mol. The van der Waals surface area contributed by atoms with Gasteiger partial charge < -0.3 is 19.0 Å². The van der Waals surface area contributed by atoms with Crippen molar-refractivity contribution < 1.29 is 18.7 Å². The van der Waals surface area contributed by atoms with Crippen LogP contribution in [0.25, 0.3) is 0 Å². The number of likely N-dealkylation sites (tertiary alicyclic amines) is 1. The molecule has 0 saturated carbocycles. The third-order valence-corrected chi connectivity index (χ3v) is 6.27. The molecule has 0 N–H and O–H groups in total. The first-order chi connectivity index (χ1) is 13.9. The zero-order valence-electron chi connectivity index (χ0n) is 17.3. The molecule has 1 aromatic heterocycles. The highest BCUT2D eigenvalue weighted by Gasteiger charge is 2.44. The number of furan rings is 1. The molecule has 1 fully saturated rings. The molecule has 0 bridgehead atoms. The van der Waals surface area contributed by atoms with Gasteiger partial charge in [0.2, 0.25) is 5.91 Å². The van der Waals surface area contributed by atoms with Gasteiger partial charge in [-0.25, -0.2) is 0 Å². The van der Waals surface area contributed by atoms with E-state index in [0.29, 0.717) is 30.8 Å². The fourth-order valence-electron chi connectivity index (χ4n) is 4.52. The highest BCUT2D eigenvalue weighted by molar-refractivity contribution is 5.95. The van der Waals surface area contributed by atoms with Gasteiger partial charge in [-0.15, -0.1) is 0 Å². The first-order valence-electron chi connectivity index (χ1n) is 10.2. The number of amides is 2. The van der Waals surface area contributed by atoms with Crippen LogP contribution in [0.15, 0.2) is 41.0 Å². The van der Waals surface area contributed by atoms with Gasteiger partial charge in [-0.1, -0.05) is 18.2 Å². The van der Waals surface area contributed by atoms with Crippen LogP contribution in [0.1, 0.15) is 53.3 Å². The standard InChI is InChI=1S/C23H28N2O4/c1-16-18(8-13-28-16)22(27)25-11-9-23(10-12-25)15-17(14-21(26)24(2)3)19-6-4-5-7-20(19)29-23/h4-8,13,17H,9-12,14-15H2,1-3H3/t17-/m1/s1. The summed E-state index contributed by atoms with van der Waals surface area (Å²) < 4.78 is 11.8. The summed E-state index contributed by atoms with van der Waals surface area (Å²) in [7, 11) is 3.59. The van der Waals surface area contributed by atoms with Crippen molar-refractivity contribution in [3.05, 3.63) is 53.5 Å². The minimum absolute atomic E-state index is 0.0154. The van der Waals surface area contributed by atoms with Gasteiger partial charge in [0.25, 0.3) is 5.91 Å². The molecule has 4 rings (SSSR count). The fraction of sp³-hybridized carbons (Fsp3) is 0.478.